The summed E-state index contributed by atoms with van der Waals surface area (Å²) in [4.78, 5) is 4.50. The molecule has 1 aliphatic heterocycles. The first-order valence-corrected chi connectivity index (χ1v) is 6.24. The lowest BCUT2D eigenvalue weighted by Gasteiger charge is -2.23. The van der Waals surface area contributed by atoms with Crippen LogP contribution in [0.3, 0.4) is 0 Å². The van der Waals surface area contributed by atoms with E-state index in [1.807, 2.05) is 6.08 Å². The molecule has 0 amide bonds. The molecule has 0 saturated carbocycles. The van der Waals surface area contributed by atoms with E-state index in [9.17, 15) is 0 Å². The molecule has 3 heteroatoms. The van der Waals surface area contributed by atoms with Crippen LogP contribution in [0.2, 0.25) is 0 Å². The van der Waals surface area contributed by atoms with E-state index < -0.39 is 0 Å². The number of hydrogen-bond acceptors (Lipinski definition) is 3. The van der Waals surface area contributed by atoms with Crippen LogP contribution in [0.25, 0.3) is 0 Å². The minimum Gasteiger partial charge on any atom is -0.282 e. The van der Waals surface area contributed by atoms with Gasteiger partial charge in [-0.05, 0) is 18.3 Å². The Labute approximate surface area is 96.5 Å². The van der Waals surface area contributed by atoms with Gasteiger partial charge in [0.05, 0.1) is 17.5 Å². The van der Waals surface area contributed by atoms with Crippen molar-refractivity contribution in [1.29, 1.82) is 5.26 Å². The third-order valence-electron chi connectivity index (χ3n) is 2.96. The highest BCUT2D eigenvalue weighted by Gasteiger charge is 2.26. The molecule has 0 aromatic rings. The lowest BCUT2D eigenvalue weighted by molar-refractivity contribution is 0.388. The van der Waals surface area contributed by atoms with E-state index in [0.717, 1.165) is 18.0 Å². The maximum atomic E-state index is 8.69. The number of thioether (sulfide) groups is 1. The van der Waals surface area contributed by atoms with Crippen molar-refractivity contribution < 1.29 is 0 Å². The zero-order chi connectivity index (χ0) is 11.3. The van der Waals surface area contributed by atoms with Gasteiger partial charge < -0.3 is 0 Å². The molecular formula is C12H18N2S. The van der Waals surface area contributed by atoms with E-state index in [1.165, 1.54) is 0 Å². The van der Waals surface area contributed by atoms with Gasteiger partial charge in [0, 0.05) is 11.8 Å². The molecule has 0 spiro atoms. The third-order valence-corrected chi connectivity index (χ3v) is 4.43. The molecule has 2 nitrogen and oxygen atoms in total. The third kappa shape index (κ3) is 3.39. The smallest absolute Gasteiger partial charge is 0.0831 e. The van der Waals surface area contributed by atoms with Crippen molar-refractivity contribution in [3.63, 3.8) is 0 Å². The fourth-order valence-corrected chi connectivity index (χ4v) is 3.05. The van der Waals surface area contributed by atoms with Crippen molar-refractivity contribution in [1.82, 2.24) is 0 Å². The minimum absolute atomic E-state index is 0.456. The van der Waals surface area contributed by atoms with Crippen LogP contribution in [-0.2, 0) is 0 Å². The Morgan fingerprint density at radius 3 is 3.00 bits per heavy atom. The van der Waals surface area contributed by atoms with E-state index in [4.69, 9.17) is 5.26 Å². The lowest BCUT2D eigenvalue weighted by atomic mass is 9.91. The van der Waals surface area contributed by atoms with E-state index >= 15 is 0 Å². The summed E-state index contributed by atoms with van der Waals surface area (Å²) in [6.45, 7) is 9.17. The van der Waals surface area contributed by atoms with Gasteiger partial charge in [0.25, 0.3) is 0 Å². The number of aliphatic imine (C=N–C) groups is 1. The fourth-order valence-electron chi connectivity index (χ4n) is 1.69. The summed E-state index contributed by atoms with van der Waals surface area (Å²) in [5.74, 6) is 1.23. The SMILES string of the molecule is C=CC[C@H]1SC(CC#N)=NCC(C)[C@H]1C. The van der Waals surface area contributed by atoms with Crippen molar-refractivity contribution >= 4 is 16.8 Å². The normalized spacial score (nSPS) is 31.3. The predicted octanol–water partition coefficient (Wildman–Crippen LogP) is 3.26. The summed E-state index contributed by atoms with van der Waals surface area (Å²) in [6.07, 6.45) is 3.43. The van der Waals surface area contributed by atoms with Gasteiger partial charge in [-0.3, -0.25) is 4.99 Å². The molecule has 0 fully saturated rings. The van der Waals surface area contributed by atoms with Crippen LogP contribution in [0.5, 0.6) is 0 Å². The molecule has 1 heterocycles. The van der Waals surface area contributed by atoms with Gasteiger partial charge in [-0.25, -0.2) is 0 Å². The first-order valence-electron chi connectivity index (χ1n) is 5.36. The van der Waals surface area contributed by atoms with Gasteiger partial charge >= 0.3 is 0 Å². The number of nitrogens with zero attached hydrogens (tertiary/aromatic N) is 2. The predicted molar refractivity (Wildman–Crippen MR) is 67.1 cm³/mol. The molecule has 0 radical (unpaired) electrons. The molecule has 0 bridgehead atoms. The minimum atomic E-state index is 0.456. The molecule has 0 aliphatic carbocycles. The van der Waals surface area contributed by atoms with Crippen molar-refractivity contribution in [3.05, 3.63) is 12.7 Å². The molecule has 0 aromatic carbocycles. The molecule has 0 saturated heterocycles. The summed E-state index contributed by atoms with van der Waals surface area (Å²) >= 11 is 1.77. The maximum absolute atomic E-state index is 8.69. The zero-order valence-electron chi connectivity index (χ0n) is 9.44. The number of rotatable bonds is 3. The first-order chi connectivity index (χ1) is 7.19. The Morgan fingerprint density at radius 1 is 1.67 bits per heavy atom. The van der Waals surface area contributed by atoms with Gasteiger partial charge in [0.2, 0.25) is 0 Å². The van der Waals surface area contributed by atoms with Crippen molar-refractivity contribution in [2.24, 2.45) is 16.8 Å². The van der Waals surface area contributed by atoms with Crippen LogP contribution in [0, 0.1) is 23.2 Å². The van der Waals surface area contributed by atoms with Gasteiger partial charge in [-0.15, -0.1) is 18.3 Å². The fraction of sp³-hybridized carbons (Fsp3) is 0.667. The van der Waals surface area contributed by atoms with Crippen LogP contribution >= 0.6 is 11.8 Å². The largest absolute Gasteiger partial charge is 0.282 e. The van der Waals surface area contributed by atoms with Crippen LogP contribution < -0.4 is 0 Å². The molecule has 1 rings (SSSR count). The average Bonchev–Trinajstić information content (AvgIpc) is 2.34. The topological polar surface area (TPSA) is 36.1 Å². The number of nitriles is 1. The Balaban J connectivity index is 2.74. The van der Waals surface area contributed by atoms with E-state index in [1.54, 1.807) is 11.8 Å². The molecule has 3 atom stereocenters. The summed E-state index contributed by atoms with van der Waals surface area (Å²) in [5.41, 5.74) is 0. The molecule has 15 heavy (non-hydrogen) atoms. The molecular weight excluding hydrogens is 204 g/mol. The Bertz CT molecular complexity index is 290. The summed E-state index contributed by atoms with van der Waals surface area (Å²) in [6, 6.07) is 2.18. The van der Waals surface area contributed by atoms with Crippen LogP contribution in [-0.4, -0.2) is 16.8 Å². The van der Waals surface area contributed by atoms with E-state index in [0.29, 0.717) is 23.5 Å². The summed E-state index contributed by atoms with van der Waals surface area (Å²) in [5, 5.41) is 10.2. The number of allylic oxidation sites excluding steroid dienone is 1. The molecule has 0 aromatic heterocycles. The van der Waals surface area contributed by atoms with Gasteiger partial charge in [-0.1, -0.05) is 19.9 Å². The highest BCUT2D eigenvalue weighted by molar-refractivity contribution is 8.14. The molecule has 1 unspecified atom stereocenters. The summed E-state index contributed by atoms with van der Waals surface area (Å²) < 4.78 is 0. The van der Waals surface area contributed by atoms with Crippen LogP contribution in [0.4, 0.5) is 0 Å². The highest BCUT2D eigenvalue weighted by atomic mass is 32.2. The highest BCUT2D eigenvalue weighted by Crippen LogP contribution is 2.33. The lowest BCUT2D eigenvalue weighted by Crippen LogP contribution is -2.21. The van der Waals surface area contributed by atoms with Gasteiger partial charge in [0.1, 0.15) is 0 Å². The Hall–Kier alpha value is -0.750. The van der Waals surface area contributed by atoms with Crippen LogP contribution in [0.15, 0.2) is 17.6 Å². The second-order valence-electron chi connectivity index (χ2n) is 4.09. The van der Waals surface area contributed by atoms with Crippen molar-refractivity contribution in [2.45, 2.75) is 31.9 Å². The van der Waals surface area contributed by atoms with E-state index in [-0.39, 0.29) is 0 Å². The second-order valence-corrected chi connectivity index (χ2v) is 5.40. The standard InChI is InChI=1S/C12H18N2S/c1-4-5-11-10(3)9(2)8-14-12(15-11)6-7-13/h4,9-11H,1,5-6,8H2,2-3H3/t9?,10-,11-/m1/s1. The number of hydrogen-bond donors (Lipinski definition) is 0. The maximum Gasteiger partial charge on any atom is 0.0831 e. The molecule has 1 aliphatic rings. The van der Waals surface area contributed by atoms with Gasteiger partial charge in [-0.2, -0.15) is 5.26 Å². The summed E-state index contributed by atoms with van der Waals surface area (Å²) in [7, 11) is 0. The Morgan fingerprint density at radius 2 is 2.40 bits per heavy atom. The monoisotopic (exact) mass is 222 g/mol. The van der Waals surface area contributed by atoms with Gasteiger partial charge in [0.15, 0.2) is 0 Å². The first kappa shape index (κ1) is 12.3. The van der Waals surface area contributed by atoms with E-state index in [2.05, 4.69) is 31.5 Å². The van der Waals surface area contributed by atoms with Crippen molar-refractivity contribution in [3.8, 4) is 6.07 Å². The zero-order valence-corrected chi connectivity index (χ0v) is 10.3. The second kappa shape index (κ2) is 5.97. The molecule has 0 N–H and O–H groups in total. The Kier molecular flexibility index (Phi) is 4.90. The quantitative estimate of drug-likeness (QED) is 0.687. The molecule has 82 valence electrons. The van der Waals surface area contributed by atoms with Crippen LogP contribution in [0.1, 0.15) is 26.7 Å². The average molecular weight is 222 g/mol. The van der Waals surface area contributed by atoms with Crippen molar-refractivity contribution in [2.75, 3.05) is 6.54 Å².